The summed E-state index contributed by atoms with van der Waals surface area (Å²) in [5, 5.41) is 2.94. The van der Waals surface area contributed by atoms with Gasteiger partial charge in [-0.2, -0.15) is 0 Å². The van der Waals surface area contributed by atoms with E-state index in [-0.39, 0.29) is 18.2 Å². The van der Waals surface area contributed by atoms with Crippen molar-refractivity contribution in [2.45, 2.75) is 19.1 Å². The molecule has 98 valence electrons. The Balaban J connectivity index is 2.39. The number of nitrogens with one attached hydrogen (secondary N) is 1. The van der Waals surface area contributed by atoms with Crippen molar-refractivity contribution in [1.82, 2.24) is 15.1 Å². The Labute approximate surface area is 103 Å². The molecule has 0 aromatic rings. The van der Waals surface area contributed by atoms with Crippen LogP contribution in [0.4, 0.5) is 4.79 Å². The average molecular weight is 241 g/mol. The second kappa shape index (κ2) is 6.61. The molecule has 5 nitrogen and oxygen atoms in total. The van der Waals surface area contributed by atoms with E-state index in [1.54, 1.807) is 18.0 Å². The van der Waals surface area contributed by atoms with Crippen LogP contribution in [-0.4, -0.2) is 68.3 Å². The Bertz CT molecular complexity index is 270. The minimum Gasteiger partial charge on any atom is -0.373 e. The molecule has 1 fully saturated rings. The molecular formula is C12H23N3O2. The van der Waals surface area contributed by atoms with Gasteiger partial charge in [0.25, 0.3) is 0 Å². The van der Waals surface area contributed by atoms with E-state index in [9.17, 15) is 4.79 Å². The van der Waals surface area contributed by atoms with Crippen molar-refractivity contribution in [2.24, 2.45) is 0 Å². The number of hydrogen-bond acceptors (Lipinski definition) is 3. The maximum absolute atomic E-state index is 11.8. The smallest absolute Gasteiger partial charge is 0.317 e. The van der Waals surface area contributed by atoms with E-state index in [1.807, 2.05) is 6.92 Å². The fourth-order valence-electron chi connectivity index (χ4n) is 1.79. The standard InChI is InChI=1S/C12H23N3O2/c1-5-6-15(4)12(16)13-10(2)11-9-14(3)7-8-17-11/h5,10-11H,1,6-9H2,2-4H3,(H,13,16)/t10-,11+/m0/s1. The number of morpholine rings is 1. The first-order chi connectivity index (χ1) is 8.04. The molecular weight excluding hydrogens is 218 g/mol. The molecule has 1 aliphatic rings. The third-order valence-electron chi connectivity index (χ3n) is 2.96. The number of urea groups is 1. The van der Waals surface area contributed by atoms with E-state index >= 15 is 0 Å². The van der Waals surface area contributed by atoms with Crippen molar-refractivity contribution in [3.63, 3.8) is 0 Å². The Morgan fingerprint density at radius 3 is 3.06 bits per heavy atom. The maximum atomic E-state index is 11.8. The first kappa shape index (κ1) is 14.0. The number of rotatable bonds is 4. The topological polar surface area (TPSA) is 44.8 Å². The Hall–Kier alpha value is -1.07. The molecule has 0 spiro atoms. The molecule has 0 aromatic carbocycles. The predicted molar refractivity (Wildman–Crippen MR) is 68.1 cm³/mol. The summed E-state index contributed by atoms with van der Waals surface area (Å²) in [6.45, 7) is 8.66. The summed E-state index contributed by atoms with van der Waals surface area (Å²) in [4.78, 5) is 15.6. The van der Waals surface area contributed by atoms with Crippen LogP contribution in [0.1, 0.15) is 6.92 Å². The lowest BCUT2D eigenvalue weighted by Gasteiger charge is -2.34. The molecule has 0 saturated carbocycles. The first-order valence-electron chi connectivity index (χ1n) is 5.97. The summed E-state index contributed by atoms with van der Waals surface area (Å²) in [7, 11) is 3.81. The van der Waals surface area contributed by atoms with Gasteiger partial charge in [-0.15, -0.1) is 6.58 Å². The van der Waals surface area contributed by atoms with Gasteiger partial charge >= 0.3 is 6.03 Å². The number of hydrogen-bond donors (Lipinski definition) is 1. The van der Waals surface area contributed by atoms with Gasteiger partial charge in [-0.3, -0.25) is 0 Å². The Morgan fingerprint density at radius 1 is 1.76 bits per heavy atom. The van der Waals surface area contributed by atoms with E-state index in [0.29, 0.717) is 6.54 Å². The summed E-state index contributed by atoms with van der Waals surface area (Å²) in [6.07, 6.45) is 1.77. The largest absolute Gasteiger partial charge is 0.373 e. The van der Waals surface area contributed by atoms with Crippen LogP contribution in [0.2, 0.25) is 0 Å². The van der Waals surface area contributed by atoms with E-state index in [1.165, 1.54) is 0 Å². The van der Waals surface area contributed by atoms with Crippen LogP contribution in [0.3, 0.4) is 0 Å². The quantitative estimate of drug-likeness (QED) is 0.730. The molecule has 0 bridgehead atoms. The molecule has 1 rings (SSSR count). The second-order valence-corrected chi connectivity index (χ2v) is 4.58. The minimum atomic E-state index is -0.0887. The van der Waals surface area contributed by atoms with Crippen LogP contribution in [0.15, 0.2) is 12.7 Å². The molecule has 0 unspecified atom stereocenters. The van der Waals surface area contributed by atoms with Crippen LogP contribution in [0, 0.1) is 0 Å². The highest BCUT2D eigenvalue weighted by molar-refractivity contribution is 5.74. The molecule has 5 heteroatoms. The summed E-state index contributed by atoms with van der Waals surface area (Å²) in [5.74, 6) is 0. The van der Waals surface area contributed by atoms with Gasteiger partial charge in [0.1, 0.15) is 0 Å². The zero-order valence-corrected chi connectivity index (χ0v) is 11.0. The number of likely N-dealkylation sites (N-methyl/N-ethyl adjacent to an activating group) is 2. The fraction of sp³-hybridized carbons (Fsp3) is 0.750. The lowest BCUT2D eigenvalue weighted by Crippen LogP contribution is -2.53. The maximum Gasteiger partial charge on any atom is 0.317 e. The molecule has 1 aliphatic heterocycles. The zero-order valence-electron chi connectivity index (χ0n) is 11.0. The molecule has 2 amide bonds. The van der Waals surface area contributed by atoms with Gasteiger partial charge in [0.2, 0.25) is 0 Å². The number of nitrogens with zero attached hydrogens (tertiary/aromatic N) is 2. The van der Waals surface area contributed by atoms with Crippen LogP contribution >= 0.6 is 0 Å². The highest BCUT2D eigenvalue weighted by Crippen LogP contribution is 2.07. The summed E-state index contributed by atoms with van der Waals surface area (Å²) in [5.41, 5.74) is 0. The van der Waals surface area contributed by atoms with Gasteiger partial charge in [-0.05, 0) is 14.0 Å². The average Bonchev–Trinajstić information content (AvgIpc) is 2.29. The van der Waals surface area contributed by atoms with Crippen LogP contribution < -0.4 is 5.32 Å². The molecule has 0 radical (unpaired) electrons. The number of carbonyl (C=O) groups excluding carboxylic acids is 1. The number of ether oxygens (including phenoxy) is 1. The Kier molecular flexibility index (Phi) is 5.44. The van der Waals surface area contributed by atoms with Crippen molar-refractivity contribution in [1.29, 1.82) is 0 Å². The molecule has 17 heavy (non-hydrogen) atoms. The van der Waals surface area contributed by atoms with Gasteiger partial charge < -0.3 is 19.9 Å². The van der Waals surface area contributed by atoms with Crippen molar-refractivity contribution in [2.75, 3.05) is 40.3 Å². The van der Waals surface area contributed by atoms with Gasteiger partial charge in [0.15, 0.2) is 0 Å². The third kappa shape index (κ3) is 4.36. The zero-order chi connectivity index (χ0) is 12.8. The van der Waals surface area contributed by atoms with Crippen molar-refractivity contribution >= 4 is 6.03 Å². The van der Waals surface area contributed by atoms with Crippen molar-refractivity contribution in [3.05, 3.63) is 12.7 Å². The lowest BCUT2D eigenvalue weighted by molar-refractivity contribution is -0.0338. The van der Waals surface area contributed by atoms with E-state index in [0.717, 1.165) is 19.7 Å². The monoisotopic (exact) mass is 241 g/mol. The van der Waals surface area contributed by atoms with Gasteiger partial charge in [-0.25, -0.2) is 4.79 Å². The van der Waals surface area contributed by atoms with Crippen molar-refractivity contribution in [3.8, 4) is 0 Å². The third-order valence-corrected chi connectivity index (χ3v) is 2.96. The van der Waals surface area contributed by atoms with Crippen LogP contribution in [-0.2, 0) is 4.74 Å². The van der Waals surface area contributed by atoms with E-state index < -0.39 is 0 Å². The molecule has 1 saturated heterocycles. The van der Waals surface area contributed by atoms with Gasteiger partial charge in [0, 0.05) is 26.7 Å². The lowest BCUT2D eigenvalue weighted by atomic mass is 10.1. The van der Waals surface area contributed by atoms with Crippen molar-refractivity contribution < 1.29 is 9.53 Å². The predicted octanol–water partition coefficient (Wildman–Crippen LogP) is 0.533. The molecule has 1 heterocycles. The highest BCUT2D eigenvalue weighted by atomic mass is 16.5. The molecule has 2 atom stereocenters. The second-order valence-electron chi connectivity index (χ2n) is 4.58. The first-order valence-corrected chi connectivity index (χ1v) is 5.97. The SMILES string of the molecule is C=CCN(C)C(=O)N[C@@H](C)[C@H]1CN(C)CCO1. The summed E-state index contributed by atoms with van der Waals surface area (Å²) < 4.78 is 5.66. The molecule has 0 aromatic heterocycles. The van der Waals surface area contributed by atoms with Gasteiger partial charge in [0.05, 0.1) is 18.8 Å². The normalized spacial score (nSPS) is 22.9. The Morgan fingerprint density at radius 2 is 2.47 bits per heavy atom. The fourth-order valence-corrected chi connectivity index (χ4v) is 1.79. The molecule has 1 N–H and O–H groups in total. The van der Waals surface area contributed by atoms with Crippen LogP contribution in [0.5, 0.6) is 0 Å². The van der Waals surface area contributed by atoms with E-state index in [4.69, 9.17) is 4.74 Å². The molecule has 0 aliphatic carbocycles. The van der Waals surface area contributed by atoms with Crippen LogP contribution in [0.25, 0.3) is 0 Å². The highest BCUT2D eigenvalue weighted by Gasteiger charge is 2.25. The number of amides is 2. The summed E-state index contributed by atoms with van der Waals surface area (Å²) >= 11 is 0. The minimum absolute atomic E-state index is 0.0116. The van der Waals surface area contributed by atoms with Gasteiger partial charge in [-0.1, -0.05) is 6.08 Å². The van der Waals surface area contributed by atoms with E-state index in [2.05, 4.69) is 23.8 Å². The summed E-state index contributed by atoms with van der Waals surface area (Å²) in [6, 6.07) is -0.0771. The number of carbonyl (C=O) groups is 1.